The van der Waals surface area contributed by atoms with E-state index in [0.29, 0.717) is 5.92 Å². The molecule has 2 nitrogen and oxygen atoms in total. The molecule has 0 bridgehead atoms. The Morgan fingerprint density at radius 2 is 2.21 bits per heavy atom. The van der Waals surface area contributed by atoms with E-state index >= 15 is 0 Å². The predicted octanol–water partition coefficient (Wildman–Crippen LogP) is 4.31. The molecule has 0 saturated heterocycles. The van der Waals surface area contributed by atoms with Gasteiger partial charge in [-0.2, -0.15) is 0 Å². The minimum atomic E-state index is 0.0407. The lowest BCUT2D eigenvalue weighted by atomic mass is 9.82. The van der Waals surface area contributed by atoms with Gasteiger partial charge >= 0.3 is 0 Å². The number of rotatable bonds is 3. The van der Waals surface area contributed by atoms with E-state index in [2.05, 4.69) is 28.2 Å². The van der Waals surface area contributed by atoms with Gasteiger partial charge in [-0.05, 0) is 49.3 Å². The zero-order valence-electron chi connectivity index (χ0n) is 11.7. The summed E-state index contributed by atoms with van der Waals surface area (Å²) in [5, 5.41) is 3.08. The molecule has 0 aliphatic heterocycles. The number of hydrogen-bond acceptors (Lipinski definition) is 1. The Hall–Kier alpha value is -0.830. The molecule has 1 aromatic carbocycles. The normalized spacial score (nSPS) is 23.1. The van der Waals surface area contributed by atoms with Gasteiger partial charge in [0.1, 0.15) is 0 Å². The first-order valence-corrected chi connectivity index (χ1v) is 7.90. The van der Waals surface area contributed by atoms with E-state index in [0.717, 1.165) is 28.1 Å². The van der Waals surface area contributed by atoms with Gasteiger partial charge in [0, 0.05) is 16.6 Å². The molecule has 1 fully saturated rings. The Balaban J connectivity index is 1.88. The van der Waals surface area contributed by atoms with Crippen LogP contribution >= 0.6 is 15.9 Å². The van der Waals surface area contributed by atoms with Crippen molar-refractivity contribution in [3.8, 4) is 0 Å². The van der Waals surface area contributed by atoms with Crippen LogP contribution in [0.25, 0.3) is 0 Å². The molecule has 1 N–H and O–H groups in total. The maximum atomic E-state index is 12.1. The molecule has 1 aromatic rings. The number of benzene rings is 1. The Kier molecular flexibility index (Phi) is 5.03. The van der Waals surface area contributed by atoms with Gasteiger partial charge in [-0.25, -0.2) is 0 Å². The third-order valence-corrected chi connectivity index (χ3v) is 4.88. The molecule has 2 unspecified atom stereocenters. The van der Waals surface area contributed by atoms with Crippen LogP contribution in [0, 0.1) is 18.8 Å². The molecule has 19 heavy (non-hydrogen) atoms. The van der Waals surface area contributed by atoms with Gasteiger partial charge < -0.3 is 5.32 Å². The highest BCUT2D eigenvalue weighted by atomic mass is 79.9. The topological polar surface area (TPSA) is 29.1 Å². The van der Waals surface area contributed by atoms with Crippen molar-refractivity contribution < 1.29 is 4.79 Å². The number of hydrogen-bond donors (Lipinski definition) is 1. The molecule has 1 amide bonds. The van der Waals surface area contributed by atoms with Crippen LogP contribution in [0.15, 0.2) is 22.7 Å². The fraction of sp³-hybridized carbons (Fsp3) is 0.562. The molecule has 0 radical (unpaired) electrons. The van der Waals surface area contributed by atoms with Crippen LogP contribution in [0.4, 0.5) is 0 Å². The van der Waals surface area contributed by atoms with Crippen LogP contribution in [0.1, 0.15) is 48.5 Å². The molecule has 3 heteroatoms. The summed E-state index contributed by atoms with van der Waals surface area (Å²) >= 11 is 3.47. The SMILES string of the molecule is Cc1ccc(C(=O)NCC2CCCC(C)C2)cc1Br. The van der Waals surface area contributed by atoms with Gasteiger partial charge in [-0.3, -0.25) is 4.79 Å². The Labute approximate surface area is 124 Å². The molecule has 1 saturated carbocycles. The average Bonchev–Trinajstić information content (AvgIpc) is 2.39. The number of carbonyl (C=O) groups is 1. The minimum absolute atomic E-state index is 0.0407. The minimum Gasteiger partial charge on any atom is -0.352 e. The molecule has 0 heterocycles. The summed E-state index contributed by atoms with van der Waals surface area (Å²) in [5.41, 5.74) is 1.89. The summed E-state index contributed by atoms with van der Waals surface area (Å²) in [5.74, 6) is 1.50. The molecular formula is C16H22BrNO. The highest BCUT2D eigenvalue weighted by Gasteiger charge is 2.19. The zero-order valence-corrected chi connectivity index (χ0v) is 13.3. The quantitative estimate of drug-likeness (QED) is 0.882. The largest absolute Gasteiger partial charge is 0.352 e. The summed E-state index contributed by atoms with van der Waals surface area (Å²) < 4.78 is 0.992. The van der Waals surface area contributed by atoms with E-state index in [4.69, 9.17) is 0 Å². The third kappa shape index (κ3) is 4.07. The molecule has 0 spiro atoms. The zero-order chi connectivity index (χ0) is 13.8. The van der Waals surface area contributed by atoms with Gasteiger partial charge in [0.05, 0.1) is 0 Å². The number of halogens is 1. The first kappa shape index (κ1) is 14.6. The van der Waals surface area contributed by atoms with Crippen molar-refractivity contribution in [3.63, 3.8) is 0 Å². The van der Waals surface area contributed by atoms with E-state index < -0.39 is 0 Å². The van der Waals surface area contributed by atoms with Gasteiger partial charge in [0.2, 0.25) is 0 Å². The third-order valence-electron chi connectivity index (χ3n) is 4.03. The number of amides is 1. The first-order valence-electron chi connectivity index (χ1n) is 7.10. The van der Waals surface area contributed by atoms with Crippen molar-refractivity contribution in [1.82, 2.24) is 5.32 Å². The first-order chi connectivity index (χ1) is 9.06. The second-order valence-electron chi connectivity index (χ2n) is 5.81. The second kappa shape index (κ2) is 6.56. The summed E-state index contributed by atoms with van der Waals surface area (Å²) in [6.45, 7) is 5.15. The monoisotopic (exact) mass is 323 g/mol. The van der Waals surface area contributed by atoms with Crippen molar-refractivity contribution in [2.75, 3.05) is 6.54 Å². The Bertz CT molecular complexity index is 458. The van der Waals surface area contributed by atoms with E-state index in [-0.39, 0.29) is 5.91 Å². The second-order valence-corrected chi connectivity index (χ2v) is 6.67. The van der Waals surface area contributed by atoms with Crippen LogP contribution in [0.3, 0.4) is 0 Å². The predicted molar refractivity (Wildman–Crippen MR) is 82.3 cm³/mol. The Morgan fingerprint density at radius 3 is 2.89 bits per heavy atom. The smallest absolute Gasteiger partial charge is 0.251 e. The maximum absolute atomic E-state index is 12.1. The van der Waals surface area contributed by atoms with Crippen LogP contribution in [0.5, 0.6) is 0 Å². The van der Waals surface area contributed by atoms with Gasteiger partial charge in [-0.1, -0.05) is 41.8 Å². The Morgan fingerprint density at radius 1 is 1.42 bits per heavy atom. The molecule has 2 atom stereocenters. The summed E-state index contributed by atoms with van der Waals surface area (Å²) in [7, 11) is 0. The van der Waals surface area contributed by atoms with E-state index in [1.54, 1.807) is 0 Å². The molecular weight excluding hydrogens is 302 g/mol. The summed E-state index contributed by atoms with van der Waals surface area (Å²) in [6.07, 6.45) is 5.15. The van der Waals surface area contributed by atoms with E-state index in [9.17, 15) is 4.79 Å². The fourth-order valence-corrected chi connectivity index (χ4v) is 3.20. The van der Waals surface area contributed by atoms with Crippen molar-refractivity contribution >= 4 is 21.8 Å². The molecule has 104 valence electrons. The number of aryl methyl sites for hydroxylation is 1. The van der Waals surface area contributed by atoms with Gasteiger partial charge in [-0.15, -0.1) is 0 Å². The standard InChI is InChI=1S/C16H22BrNO/c1-11-4-3-5-13(8-11)10-18-16(19)14-7-6-12(2)15(17)9-14/h6-7,9,11,13H,3-5,8,10H2,1-2H3,(H,18,19). The molecule has 1 aliphatic carbocycles. The molecule has 1 aliphatic rings. The van der Waals surface area contributed by atoms with Crippen molar-refractivity contribution in [2.45, 2.75) is 39.5 Å². The summed E-state index contributed by atoms with van der Waals surface area (Å²) in [6, 6.07) is 5.76. The van der Waals surface area contributed by atoms with Crippen LogP contribution < -0.4 is 5.32 Å². The average molecular weight is 324 g/mol. The van der Waals surface area contributed by atoms with E-state index in [1.807, 2.05) is 25.1 Å². The lowest BCUT2D eigenvalue weighted by molar-refractivity contribution is 0.0940. The fourth-order valence-electron chi connectivity index (χ4n) is 2.82. The van der Waals surface area contributed by atoms with Crippen molar-refractivity contribution in [1.29, 1.82) is 0 Å². The van der Waals surface area contributed by atoms with Crippen LogP contribution in [0.2, 0.25) is 0 Å². The lowest BCUT2D eigenvalue weighted by Crippen LogP contribution is -2.31. The summed E-state index contributed by atoms with van der Waals surface area (Å²) in [4.78, 5) is 12.1. The highest BCUT2D eigenvalue weighted by Crippen LogP contribution is 2.28. The van der Waals surface area contributed by atoms with Gasteiger partial charge in [0.15, 0.2) is 0 Å². The number of carbonyl (C=O) groups excluding carboxylic acids is 1. The van der Waals surface area contributed by atoms with Crippen LogP contribution in [-0.2, 0) is 0 Å². The lowest BCUT2D eigenvalue weighted by Gasteiger charge is -2.26. The van der Waals surface area contributed by atoms with E-state index in [1.165, 1.54) is 25.7 Å². The molecule has 2 rings (SSSR count). The highest BCUT2D eigenvalue weighted by molar-refractivity contribution is 9.10. The van der Waals surface area contributed by atoms with Gasteiger partial charge in [0.25, 0.3) is 5.91 Å². The van der Waals surface area contributed by atoms with Crippen molar-refractivity contribution in [3.05, 3.63) is 33.8 Å². The van der Waals surface area contributed by atoms with Crippen LogP contribution in [-0.4, -0.2) is 12.5 Å². The maximum Gasteiger partial charge on any atom is 0.251 e. The molecule has 0 aromatic heterocycles. The number of nitrogens with one attached hydrogen (secondary N) is 1. The van der Waals surface area contributed by atoms with Crippen molar-refractivity contribution in [2.24, 2.45) is 11.8 Å².